The zero-order valence-corrected chi connectivity index (χ0v) is 16.0. The first-order valence-corrected chi connectivity index (χ1v) is 9.52. The van der Waals surface area contributed by atoms with Gasteiger partial charge >= 0.3 is 0 Å². The standard InChI is InChI=1S/C20H21F2N7O/c21-20(22)7-1-4-14(17(20)23)28-15-10-26-16(18(24)30)19(29-15)27-12-5-6-13-11(9-12)3-2-8-25-13/h2-3,5-6,8-10,14,17H,1,4,7,23H2,(H2,24,30)(H2,27,28,29). The Balaban J connectivity index is 1.62. The van der Waals surface area contributed by atoms with Crippen LogP contribution >= 0.6 is 0 Å². The second-order valence-electron chi connectivity index (χ2n) is 7.28. The Labute approximate surface area is 171 Å². The number of nitrogens with zero attached hydrogens (tertiary/aromatic N) is 3. The van der Waals surface area contributed by atoms with Crippen molar-refractivity contribution in [2.24, 2.45) is 11.5 Å². The minimum absolute atomic E-state index is 0.0647. The SMILES string of the molecule is NC(=O)c1ncc(NC2CCCC(F)(F)C2N)nc1Nc1ccc2ncccc2c1. The van der Waals surface area contributed by atoms with Gasteiger partial charge in [-0.2, -0.15) is 0 Å². The van der Waals surface area contributed by atoms with Crippen molar-refractivity contribution in [3.8, 4) is 0 Å². The molecule has 0 saturated heterocycles. The Hall–Kier alpha value is -3.40. The Morgan fingerprint density at radius 2 is 2.07 bits per heavy atom. The van der Waals surface area contributed by atoms with Gasteiger partial charge in [-0.05, 0) is 37.1 Å². The van der Waals surface area contributed by atoms with Crippen molar-refractivity contribution in [1.82, 2.24) is 15.0 Å². The largest absolute Gasteiger partial charge is 0.364 e. The molecule has 1 aromatic carbocycles. The van der Waals surface area contributed by atoms with Gasteiger partial charge in [0.15, 0.2) is 11.5 Å². The van der Waals surface area contributed by atoms with Crippen LogP contribution < -0.4 is 22.1 Å². The van der Waals surface area contributed by atoms with Gasteiger partial charge in [-0.3, -0.25) is 9.78 Å². The average molecular weight is 413 g/mol. The second-order valence-corrected chi connectivity index (χ2v) is 7.28. The number of nitrogens with two attached hydrogens (primary N) is 2. The van der Waals surface area contributed by atoms with Crippen LogP contribution in [0.15, 0.2) is 42.7 Å². The zero-order valence-electron chi connectivity index (χ0n) is 16.0. The minimum Gasteiger partial charge on any atom is -0.364 e. The first-order chi connectivity index (χ1) is 14.3. The van der Waals surface area contributed by atoms with Gasteiger partial charge in [-0.15, -0.1) is 0 Å². The minimum atomic E-state index is -2.95. The van der Waals surface area contributed by atoms with E-state index in [0.717, 1.165) is 10.9 Å². The molecule has 8 nitrogen and oxygen atoms in total. The lowest BCUT2D eigenvalue weighted by molar-refractivity contribution is -0.0554. The molecule has 1 fully saturated rings. The second kappa shape index (κ2) is 7.79. The third kappa shape index (κ3) is 3.99. The molecular formula is C20H21F2N7O. The molecule has 3 aromatic rings. The van der Waals surface area contributed by atoms with Crippen LogP contribution in [0.3, 0.4) is 0 Å². The van der Waals surface area contributed by atoms with Crippen LogP contribution in [0.1, 0.15) is 29.8 Å². The Bertz CT molecular complexity index is 1090. The van der Waals surface area contributed by atoms with Gasteiger partial charge in [0, 0.05) is 29.7 Å². The molecule has 30 heavy (non-hydrogen) atoms. The molecule has 6 N–H and O–H groups in total. The summed E-state index contributed by atoms with van der Waals surface area (Å²) in [5.41, 5.74) is 12.6. The number of amides is 1. The summed E-state index contributed by atoms with van der Waals surface area (Å²) in [7, 11) is 0. The summed E-state index contributed by atoms with van der Waals surface area (Å²) < 4.78 is 27.9. The van der Waals surface area contributed by atoms with E-state index in [1.54, 1.807) is 12.3 Å². The van der Waals surface area contributed by atoms with Gasteiger partial charge < -0.3 is 22.1 Å². The van der Waals surface area contributed by atoms with E-state index in [1.165, 1.54) is 6.20 Å². The van der Waals surface area contributed by atoms with Gasteiger partial charge in [-0.1, -0.05) is 6.07 Å². The first kappa shape index (κ1) is 19.9. The molecular weight excluding hydrogens is 392 g/mol. The number of fused-ring (bicyclic) bond motifs is 1. The number of pyridine rings is 1. The molecule has 1 aliphatic carbocycles. The molecule has 1 aliphatic rings. The summed E-state index contributed by atoms with van der Waals surface area (Å²) in [4.78, 5) is 24.5. The number of benzene rings is 1. The van der Waals surface area contributed by atoms with Crippen LogP contribution in [0.25, 0.3) is 10.9 Å². The number of rotatable bonds is 5. The predicted molar refractivity (Wildman–Crippen MR) is 110 cm³/mol. The number of anilines is 3. The number of primary amides is 1. The molecule has 2 unspecified atom stereocenters. The Morgan fingerprint density at radius 1 is 1.23 bits per heavy atom. The van der Waals surface area contributed by atoms with E-state index in [0.29, 0.717) is 18.5 Å². The van der Waals surface area contributed by atoms with Crippen molar-refractivity contribution in [3.05, 3.63) is 48.4 Å². The van der Waals surface area contributed by atoms with Crippen molar-refractivity contribution in [2.75, 3.05) is 10.6 Å². The monoisotopic (exact) mass is 413 g/mol. The van der Waals surface area contributed by atoms with Gasteiger partial charge in [-0.25, -0.2) is 18.7 Å². The maximum Gasteiger partial charge on any atom is 0.271 e. The maximum absolute atomic E-state index is 13.9. The summed E-state index contributed by atoms with van der Waals surface area (Å²) in [6.45, 7) is 0. The normalized spacial score (nSPS) is 20.6. The molecule has 4 rings (SSSR count). The van der Waals surface area contributed by atoms with Crippen molar-refractivity contribution in [3.63, 3.8) is 0 Å². The number of aromatic nitrogens is 3. The summed E-state index contributed by atoms with van der Waals surface area (Å²) >= 11 is 0. The lowest BCUT2D eigenvalue weighted by Crippen LogP contribution is -2.55. The Kier molecular flexibility index (Phi) is 5.17. The first-order valence-electron chi connectivity index (χ1n) is 9.52. The quantitative estimate of drug-likeness (QED) is 0.506. The van der Waals surface area contributed by atoms with E-state index in [2.05, 4.69) is 25.6 Å². The number of alkyl halides is 2. The molecule has 0 bridgehead atoms. The van der Waals surface area contributed by atoms with Crippen molar-refractivity contribution >= 4 is 34.1 Å². The highest BCUT2D eigenvalue weighted by Gasteiger charge is 2.44. The van der Waals surface area contributed by atoms with E-state index >= 15 is 0 Å². The number of hydrogen-bond donors (Lipinski definition) is 4. The van der Waals surface area contributed by atoms with Gasteiger partial charge in [0.1, 0.15) is 5.82 Å². The summed E-state index contributed by atoms with van der Waals surface area (Å²) in [6.07, 6.45) is 3.58. The van der Waals surface area contributed by atoms with Crippen molar-refractivity contribution in [2.45, 2.75) is 37.3 Å². The highest BCUT2D eigenvalue weighted by atomic mass is 19.3. The van der Waals surface area contributed by atoms with E-state index in [1.807, 2.05) is 24.3 Å². The van der Waals surface area contributed by atoms with Gasteiger partial charge in [0.25, 0.3) is 11.8 Å². The van der Waals surface area contributed by atoms with Crippen molar-refractivity contribution in [1.29, 1.82) is 0 Å². The van der Waals surface area contributed by atoms with E-state index in [-0.39, 0.29) is 23.8 Å². The fraction of sp³-hybridized carbons (Fsp3) is 0.300. The fourth-order valence-electron chi connectivity index (χ4n) is 3.57. The lowest BCUT2D eigenvalue weighted by atomic mass is 9.87. The maximum atomic E-state index is 13.9. The topological polar surface area (TPSA) is 132 Å². The van der Waals surface area contributed by atoms with E-state index in [9.17, 15) is 13.6 Å². The number of nitrogens with one attached hydrogen (secondary N) is 2. The Morgan fingerprint density at radius 3 is 2.87 bits per heavy atom. The number of carbonyl (C=O) groups is 1. The number of halogens is 2. The number of hydrogen-bond acceptors (Lipinski definition) is 7. The summed E-state index contributed by atoms with van der Waals surface area (Å²) in [5, 5.41) is 6.85. The summed E-state index contributed by atoms with van der Waals surface area (Å²) in [6, 6.07) is 7.15. The molecule has 1 saturated carbocycles. The molecule has 156 valence electrons. The lowest BCUT2D eigenvalue weighted by Gasteiger charge is -2.36. The molecule has 2 aromatic heterocycles. The van der Waals surface area contributed by atoms with Gasteiger partial charge in [0.2, 0.25) is 0 Å². The smallest absolute Gasteiger partial charge is 0.271 e. The average Bonchev–Trinajstić information content (AvgIpc) is 2.71. The summed E-state index contributed by atoms with van der Waals surface area (Å²) in [5.74, 6) is -3.37. The van der Waals surface area contributed by atoms with Crippen LogP contribution in [0.4, 0.5) is 26.1 Å². The highest BCUT2D eigenvalue weighted by Crippen LogP contribution is 2.34. The van der Waals surface area contributed by atoms with Gasteiger partial charge in [0.05, 0.1) is 17.8 Å². The van der Waals surface area contributed by atoms with Crippen LogP contribution in [0, 0.1) is 0 Å². The van der Waals surface area contributed by atoms with Crippen LogP contribution in [-0.2, 0) is 0 Å². The third-order valence-corrected chi connectivity index (χ3v) is 5.15. The highest BCUT2D eigenvalue weighted by molar-refractivity contribution is 5.96. The van der Waals surface area contributed by atoms with Crippen LogP contribution in [-0.4, -0.2) is 38.9 Å². The fourth-order valence-corrected chi connectivity index (χ4v) is 3.57. The molecule has 10 heteroatoms. The zero-order chi connectivity index (χ0) is 21.3. The molecule has 2 heterocycles. The molecule has 0 spiro atoms. The molecule has 1 amide bonds. The van der Waals surface area contributed by atoms with Crippen molar-refractivity contribution < 1.29 is 13.6 Å². The third-order valence-electron chi connectivity index (χ3n) is 5.15. The van der Waals surface area contributed by atoms with Crippen LogP contribution in [0.5, 0.6) is 0 Å². The van der Waals surface area contributed by atoms with E-state index in [4.69, 9.17) is 11.5 Å². The molecule has 2 atom stereocenters. The van der Waals surface area contributed by atoms with E-state index < -0.39 is 23.9 Å². The predicted octanol–water partition coefficient (Wildman–Crippen LogP) is 2.79. The van der Waals surface area contributed by atoms with Crippen LogP contribution in [0.2, 0.25) is 0 Å². The number of carbonyl (C=O) groups excluding carboxylic acids is 1. The molecule has 0 radical (unpaired) electrons. The molecule has 0 aliphatic heterocycles.